The Kier molecular flexibility index (Phi) is 6.53. The molecule has 0 radical (unpaired) electrons. The van der Waals surface area contributed by atoms with Gasteiger partial charge in [0.15, 0.2) is 0 Å². The van der Waals surface area contributed by atoms with Gasteiger partial charge in [0, 0.05) is 0 Å². The Morgan fingerprint density at radius 3 is 2.20 bits per heavy atom. The van der Waals surface area contributed by atoms with Crippen LogP contribution in [0.5, 0.6) is 0 Å². The maximum atomic E-state index is 9.73. The van der Waals surface area contributed by atoms with Crippen molar-refractivity contribution >= 4 is 0 Å². The molecule has 15 heavy (non-hydrogen) atoms. The lowest BCUT2D eigenvalue weighted by molar-refractivity contribution is 0.122. The third kappa shape index (κ3) is 5.75. The van der Waals surface area contributed by atoms with E-state index in [1.165, 1.54) is 0 Å². The Bertz CT molecular complexity index is 229. The van der Waals surface area contributed by atoms with Crippen molar-refractivity contribution in [2.75, 3.05) is 0 Å². The molecule has 0 bridgehead atoms. The number of aliphatic hydroxyl groups is 2. The second kappa shape index (κ2) is 6.81. The predicted molar refractivity (Wildman–Crippen MR) is 64.7 cm³/mol. The Balaban J connectivity index is 4.04. The minimum atomic E-state index is -0.457. The van der Waals surface area contributed by atoms with Crippen LogP contribution < -0.4 is 0 Å². The summed E-state index contributed by atoms with van der Waals surface area (Å²) >= 11 is 0. The largest absolute Gasteiger partial charge is 0.393 e. The maximum absolute atomic E-state index is 9.73. The molecular formula is C13H24O2. The van der Waals surface area contributed by atoms with Crippen LogP contribution in [-0.4, -0.2) is 22.4 Å². The monoisotopic (exact) mass is 212 g/mol. The van der Waals surface area contributed by atoms with Crippen LogP contribution in [0, 0.1) is 5.92 Å². The van der Waals surface area contributed by atoms with E-state index in [2.05, 4.69) is 6.58 Å². The minimum Gasteiger partial charge on any atom is -0.393 e. The Labute approximate surface area is 93.3 Å². The summed E-state index contributed by atoms with van der Waals surface area (Å²) in [6.45, 7) is 11.6. The zero-order valence-electron chi connectivity index (χ0n) is 10.3. The molecule has 2 heteroatoms. The number of hydrogen-bond acceptors (Lipinski definition) is 2. The minimum absolute atomic E-state index is 0.238. The summed E-state index contributed by atoms with van der Waals surface area (Å²) < 4.78 is 0. The maximum Gasteiger partial charge on any atom is 0.0784 e. The van der Waals surface area contributed by atoms with Gasteiger partial charge in [0.25, 0.3) is 0 Å². The smallest absolute Gasteiger partial charge is 0.0784 e. The number of hydrogen-bond donors (Lipinski definition) is 2. The molecule has 0 saturated carbocycles. The fraction of sp³-hybridized carbons (Fsp3) is 0.692. The van der Waals surface area contributed by atoms with E-state index in [-0.39, 0.29) is 12.0 Å². The van der Waals surface area contributed by atoms with Gasteiger partial charge in [0.05, 0.1) is 12.2 Å². The molecule has 0 saturated heterocycles. The molecule has 0 heterocycles. The van der Waals surface area contributed by atoms with Crippen molar-refractivity contribution in [2.45, 2.75) is 52.7 Å². The third-order valence-electron chi connectivity index (χ3n) is 2.73. The summed E-state index contributed by atoms with van der Waals surface area (Å²) in [5, 5.41) is 19.4. The summed E-state index contributed by atoms with van der Waals surface area (Å²) in [7, 11) is 0. The first-order valence-electron chi connectivity index (χ1n) is 5.54. The molecule has 0 aliphatic carbocycles. The quantitative estimate of drug-likeness (QED) is 0.665. The van der Waals surface area contributed by atoms with Gasteiger partial charge in [-0.05, 0) is 38.2 Å². The van der Waals surface area contributed by atoms with Crippen LogP contribution in [0.25, 0.3) is 0 Å². The van der Waals surface area contributed by atoms with Gasteiger partial charge in [-0.25, -0.2) is 0 Å². The summed E-state index contributed by atoms with van der Waals surface area (Å²) in [5.74, 6) is 0.238. The average Bonchev–Trinajstić information content (AvgIpc) is 2.15. The molecule has 0 aromatic carbocycles. The van der Waals surface area contributed by atoms with Crippen LogP contribution in [0.2, 0.25) is 0 Å². The van der Waals surface area contributed by atoms with Crippen LogP contribution in [0.3, 0.4) is 0 Å². The lowest BCUT2D eigenvalue weighted by Crippen LogP contribution is -2.17. The van der Waals surface area contributed by atoms with Crippen molar-refractivity contribution in [2.24, 2.45) is 5.92 Å². The van der Waals surface area contributed by atoms with Crippen molar-refractivity contribution < 1.29 is 10.2 Å². The highest BCUT2D eigenvalue weighted by Crippen LogP contribution is 2.18. The van der Waals surface area contributed by atoms with Crippen molar-refractivity contribution in [3.8, 4) is 0 Å². The van der Waals surface area contributed by atoms with Gasteiger partial charge < -0.3 is 10.2 Å². The van der Waals surface area contributed by atoms with Crippen LogP contribution >= 0.6 is 0 Å². The van der Waals surface area contributed by atoms with Crippen LogP contribution in [-0.2, 0) is 0 Å². The second-order valence-corrected chi connectivity index (χ2v) is 4.52. The van der Waals surface area contributed by atoms with E-state index in [0.717, 1.165) is 11.1 Å². The highest BCUT2D eigenvalue weighted by Gasteiger charge is 2.13. The summed E-state index contributed by atoms with van der Waals surface area (Å²) in [4.78, 5) is 0. The summed E-state index contributed by atoms with van der Waals surface area (Å²) in [5.41, 5.74) is 1.86. The lowest BCUT2D eigenvalue weighted by atomic mass is 9.95. The highest BCUT2D eigenvalue weighted by molar-refractivity contribution is 5.09. The first-order chi connectivity index (χ1) is 6.88. The lowest BCUT2D eigenvalue weighted by Gasteiger charge is -2.18. The van der Waals surface area contributed by atoms with Gasteiger partial charge in [-0.1, -0.05) is 32.1 Å². The molecule has 0 unspecified atom stereocenters. The topological polar surface area (TPSA) is 40.5 Å². The number of aliphatic hydroxyl groups excluding tert-OH is 2. The number of allylic oxidation sites excluding steroid dienone is 1. The van der Waals surface area contributed by atoms with Crippen molar-refractivity contribution in [1.29, 1.82) is 0 Å². The standard InChI is InChI=1S/C13H24O2/c1-6-11(5)13(15)8-10(4)7-12(14)9(2)3/h6,9,12-15H,4,7-8H2,1-3,5H3/b11-6+/t12-,13+/m0/s1. The van der Waals surface area contributed by atoms with Gasteiger partial charge >= 0.3 is 0 Å². The predicted octanol–water partition coefficient (Wildman–Crippen LogP) is 2.67. The zero-order chi connectivity index (χ0) is 12.0. The van der Waals surface area contributed by atoms with E-state index in [9.17, 15) is 10.2 Å². The van der Waals surface area contributed by atoms with Gasteiger partial charge in [-0.3, -0.25) is 0 Å². The van der Waals surface area contributed by atoms with E-state index in [1.54, 1.807) is 0 Å². The highest BCUT2D eigenvalue weighted by atomic mass is 16.3. The van der Waals surface area contributed by atoms with E-state index in [4.69, 9.17) is 0 Å². The molecule has 2 N–H and O–H groups in total. The van der Waals surface area contributed by atoms with Crippen LogP contribution in [0.15, 0.2) is 23.8 Å². The SMILES string of the molecule is C=C(C[C@@H](O)/C(C)=C/C)C[C@H](O)C(C)C. The molecule has 0 aliphatic heterocycles. The summed E-state index contributed by atoms with van der Waals surface area (Å²) in [6.07, 6.45) is 2.21. The molecular weight excluding hydrogens is 188 g/mol. The normalized spacial score (nSPS) is 16.6. The van der Waals surface area contributed by atoms with Crippen molar-refractivity contribution in [1.82, 2.24) is 0 Å². The molecule has 0 fully saturated rings. The number of rotatable bonds is 6. The molecule has 0 aromatic rings. The van der Waals surface area contributed by atoms with Crippen molar-refractivity contribution in [3.63, 3.8) is 0 Å². The Morgan fingerprint density at radius 1 is 1.27 bits per heavy atom. The van der Waals surface area contributed by atoms with E-state index in [0.29, 0.717) is 12.8 Å². The average molecular weight is 212 g/mol. The van der Waals surface area contributed by atoms with Crippen molar-refractivity contribution in [3.05, 3.63) is 23.8 Å². The summed E-state index contributed by atoms with van der Waals surface area (Å²) in [6, 6.07) is 0. The first-order valence-corrected chi connectivity index (χ1v) is 5.54. The van der Waals surface area contributed by atoms with Gasteiger partial charge in [0.1, 0.15) is 0 Å². The molecule has 0 aromatic heterocycles. The van der Waals surface area contributed by atoms with Gasteiger partial charge in [0.2, 0.25) is 0 Å². The molecule has 0 rings (SSSR count). The molecule has 0 aliphatic rings. The fourth-order valence-corrected chi connectivity index (χ4v) is 1.24. The fourth-order valence-electron chi connectivity index (χ4n) is 1.24. The van der Waals surface area contributed by atoms with Crippen LogP contribution in [0.4, 0.5) is 0 Å². The molecule has 0 spiro atoms. The second-order valence-electron chi connectivity index (χ2n) is 4.52. The Hall–Kier alpha value is -0.600. The third-order valence-corrected chi connectivity index (χ3v) is 2.73. The first kappa shape index (κ1) is 14.4. The van der Waals surface area contributed by atoms with E-state index < -0.39 is 6.10 Å². The van der Waals surface area contributed by atoms with E-state index >= 15 is 0 Å². The molecule has 0 amide bonds. The van der Waals surface area contributed by atoms with Crippen LogP contribution in [0.1, 0.15) is 40.5 Å². The molecule has 88 valence electrons. The Morgan fingerprint density at radius 2 is 1.80 bits per heavy atom. The molecule has 2 nitrogen and oxygen atoms in total. The van der Waals surface area contributed by atoms with Gasteiger partial charge in [-0.2, -0.15) is 0 Å². The van der Waals surface area contributed by atoms with E-state index in [1.807, 2.05) is 33.8 Å². The van der Waals surface area contributed by atoms with Gasteiger partial charge in [-0.15, -0.1) is 0 Å². The molecule has 2 atom stereocenters. The zero-order valence-corrected chi connectivity index (χ0v) is 10.3.